The largest absolute Gasteiger partial charge is 0.455 e. The molecule has 1 aliphatic rings. The van der Waals surface area contributed by atoms with Crippen molar-refractivity contribution in [1.29, 1.82) is 0 Å². The number of nitrogens with zero attached hydrogens (tertiary/aromatic N) is 1. The lowest BCUT2D eigenvalue weighted by Crippen LogP contribution is -2.28. The normalized spacial score (nSPS) is 12.7. The quantitative estimate of drug-likeness (QED) is 0.149. The van der Waals surface area contributed by atoms with E-state index in [1.54, 1.807) is 0 Å². The average molecular weight is 828 g/mol. The molecule has 0 atom stereocenters. The van der Waals surface area contributed by atoms with Crippen LogP contribution in [-0.2, 0) is 5.41 Å². The maximum Gasteiger partial charge on any atom is 0.143 e. The highest BCUT2D eigenvalue weighted by Gasteiger charge is 2.45. The van der Waals surface area contributed by atoms with E-state index in [2.05, 4.69) is 254 Å². The molecule has 0 radical (unpaired) electrons. The van der Waals surface area contributed by atoms with Crippen LogP contribution in [0, 0.1) is 0 Å². The molecule has 1 aromatic heterocycles. The summed E-state index contributed by atoms with van der Waals surface area (Å²) in [5.74, 6) is 0. The van der Waals surface area contributed by atoms with Crippen molar-refractivity contribution >= 4 is 60.5 Å². The highest BCUT2D eigenvalue weighted by molar-refractivity contribution is 6.24. The summed E-state index contributed by atoms with van der Waals surface area (Å²) in [5, 5.41) is 7.02. The van der Waals surface area contributed by atoms with E-state index >= 15 is 0 Å². The zero-order valence-corrected chi connectivity index (χ0v) is 35.5. The molecule has 0 saturated carbocycles. The van der Waals surface area contributed by atoms with Crippen LogP contribution in [-0.4, -0.2) is 0 Å². The van der Waals surface area contributed by atoms with E-state index in [0.717, 1.165) is 55.5 Å². The molecule has 12 aromatic rings. The van der Waals surface area contributed by atoms with Crippen LogP contribution in [0.25, 0.3) is 76.9 Å². The maximum atomic E-state index is 6.95. The Morgan fingerprint density at radius 2 is 0.769 bits per heavy atom. The Bertz CT molecular complexity index is 3690. The first kappa shape index (κ1) is 37.1. The van der Waals surface area contributed by atoms with E-state index in [9.17, 15) is 0 Å². The van der Waals surface area contributed by atoms with E-state index in [-0.39, 0.29) is 0 Å². The first-order chi connectivity index (χ1) is 32.2. The summed E-state index contributed by atoms with van der Waals surface area (Å²) in [6, 6.07) is 90.6. The molecule has 0 bridgehead atoms. The minimum absolute atomic E-state index is 0.464. The van der Waals surface area contributed by atoms with Gasteiger partial charge in [0.25, 0.3) is 0 Å². The second kappa shape index (κ2) is 14.8. The Hall–Kier alpha value is -8.46. The van der Waals surface area contributed by atoms with Gasteiger partial charge in [-0.25, -0.2) is 0 Å². The molecule has 0 fully saturated rings. The number of furan rings is 1. The first-order valence-corrected chi connectivity index (χ1v) is 22.4. The molecule has 65 heavy (non-hydrogen) atoms. The number of hydrogen-bond acceptors (Lipinski definition) is 2. The van der Waals surface area contributed by atoms with Crippen molar-refractivity contribution in [1.82, 2.24) is 0 Å². The molecule has 0 aliphatic heterocycles. The molecule has 2 heteroatoms. The van der Waals surface area contributed by atoms with Gasteiger partial charge in [-0.3, -0.25) is 0 Å². The molecule has 0 unspecified atom stereocenters. The number of rotatable bonds is 7. The monoisotopic (exact) mass is 827 g/mol. The third kappa shape index (κ3) is 5.74. The van der Waals surface area contributed by atoms with Gasteiger partial charge in [0.2, 0.25) is 0 Å². The van der Waals surface area contributed by atoms with Crippen LogP contribution in [0.5, 0.6) is 0 Å². The molecule has 2 nitrogen and oxygen atoms in total. The summed E-state index contributed by atoms with van der Waals surface area (Å²) in [6.07, 6.45) is 0. The number of para-hydroxylation sites is 1. The molecule has 0 N–H and O–H groups in total. The van der Waals surface area contributed by atoms with Gasteiger partial charge >= 0.3 is 0 Å². The Balaban J connectivity index is 0.942. The van der Waals surface area contributed by atoms with Crippen LogP contribution in [0.1, 0.15) is 22.3 Å². The highest BCUT2D eigenvalue weighted by atomic mass is 16.3. The Morgan fingerprint density at radius 3 is 1.46 bits per heavy atom. The van der Waals surface area contributed by atoms with Gasteiger partial charge in [0.1, 0.15) is 11.2 Å². The summed E-state index contributed by atoms with van der Waals surface area (Å²) in [6.45, 7) is 0. The number of benzene rings is 11. The molecule has 1 heterocycles. The van der Waals surface area contributed by atoms with Crippen LogP contribution < -0.4 is 4.90 Å². The Kier molecular flexibility index (Phi) is 8.47. The number of anilines is 3. The zero-order valence-electron chi connectivity index (χ0n) is 35.5. The standard InChI is InChI=1S/C63H41NO/c1-3-14-42(15-4-1)43-28-35-49(36-29-43)64(51-39-33-48(34-40-51)63(47-17-5-2-6-18-47)58-24-11-9-20-54(58)55-21-10-12-25-59(55)63)50-37-30-45(31-38-50)53-22-13-23-56-57-41-32-46-27-26-44-16-7-8-19-52(44)60(46)62(57)65-61(53)56/h1-41H. The summed E-state index contributed by atoms with van der Waals surface area (Å²) in [7, 11) is 0. The molecule has 304 valence electrons. The predicted octanol–water partition coefficient (Wildman–Crippen LogP) is 17.1. The average Bonchev–Trinajstić information content (AvgIpc) is 3.92. The third-order valence-corrected chi connectivity index (χ3v) is 13.8. The van der Waals surface area contributed by atoms with Gasteiger partial charge in [-0.15, -0.1) is 0 Å². The van der Waals surface area contributed by atoms with Crippen molar-refractivity contribution in [2.75, 3.05) is 4.90 Å². The van der Waals surface area contributed by atoms with Crippen LogP contribution in [0.2, 0.25) is 0 Å². The van der Waals surface area contributed by atoms with Gasteiger partial charge in [-0.2, -0.15) is 0 Å². The van der Waals surface area contributed by atoms with Crippen molar-refractivity contribution in [3.8, 4) is 33.4 Å². The SMILES string of the molecule is c1ccc(-c2ccc(N(c3ccc(-c4cccc5c4oc4c5ccc5ccc6ccccc6c54)cc3)c3ccc(C4(c5ccccc5)c5ccccc5-c5ccccc54)cc3)cc2)cc1. The van der Waals surface area contributed by atoms with Crippen LogP contribution in [0.4, 0.5) is 17.1 Å². The minimum Gasteiger partial charge on any atom is -0.455 e. The van der Waals surface area contributed by atoms with Crippen LogP contribution in [0.3, 0.4) is 0 Å². The lowest BCUT2D eigenvalue weighted by molar-refractivity contribution is 0.674. The van der Waals surface area contributed by atoms with Gasteiger partial charge in [0.05, 0.1) is 5.41 Å². The fourth-order valence-electron chi connectivity index (χ4n) is 10.8. The number of hydrogen-bond donors (Lipinski definition) is 0. The van der Waals surface area contributed by atoms with Crippen molar-refractivity contribution in [2.45, 2.75) is 5.41 Å². The first-order valence-electron chi connectivity index (χ1n) is 22.4. The summed E-state index contributed by atoms with van der Waals surface area (Å²) >= 11 is 0. The molecule has 0 amide bonds. The second-order valence-electron chi connectivity index (χ2n) is 17.2. The molecular weight excluding hydrogens is 787 g/mol. The van der Waals surface area contributed by atoms with Crippen molar-refractivity contribution < 1.29 is 4.42 Å². The molecule has 13 rings (SSSR count). The fourth-order valence-corrected chi connectivity index (χ4v) is 10.8. The van der Waals surface area contributed by atoms with Crippen molar-refractivity contribution in [2.24, 2.45) is 0 Å². The van der Waals surface area contributed by atoms with Crippen molar-refractivity contribution in [3.05, 3.63) is 271 Å². The van der Waals surface area contributed by atoms with E-state index < -0.39 is 5.41 Å². The van der Waals surface area contributed by atoms with Gasteiger partial charge in [-0.05, 0) is 109 Å². The molecule has 1 aliphatic carbocycles. The summed E-state index contributed by atoms with van der Waals surface area (Å²) < 4.78 is 6.95. The van der Waals surface area contributed by atoms with E-state index in [0.29, 0.717) is 0 Å². The highest BCUT2D eigenvalue weighted by Crippen LogP contribution is 2.56. The van der Waals surface area contributed by atoms with Gasteiger partial charge < -0.3 is 9.32 Å². The lowest BCUT2D eigenvalue weighted by atomic mass is 9.68. The third-order valence-electron chi connectivity index (χ3n) is 13.8. The van der Waals surface area contributed by atoms with E-state index in [1.165, 1.54) is 60.7 Å². The smallest absolute Gasteiger partial charge is 0.143 e. The van der Waals surface area contributed by atoms with Crippen molar-refractivity contribution in [3.63, 3.8) is 0 Å². The summed E-state index contributed by atoms with van der Waals surface area (Å²) in [5.41, 5.74) is 16.9. The fraction of sp³-hybridized carbons (Fsp3) is 0.0159. The predicted molar refractivity (Wildman–Crippen MR) is 272 cm³/mol. The number of fused-ring (bicyclic) bond motifs is 10. The van der Waals surface area contributed by atoms with Crippen LogP contribution in [0.15, 0.2) is 253 Å². The van der Waals surface area contributed by atoms with Gasteiger partial charge in [-0.1, -0.05) is 206 Å². The molecule has 11 aromatic carbocycles. The minimum atomic E-state index is -0.464. The second-order valence-corrected chi connectivity index (χ2v) is 17.2. The molecule has 0 spiro atoms. The Morgan fingerprint density at radius 1 is 0.292 bits per heavy atom. The molecule has 0 saturated heterocycles. The Labute approximate surface area is 377 Å². The maximum absolute atomic E-state index is 6.95. The zero-order chi connectivity index (χ0) is 42.9. The van der Waals surface area contributed by atoms with E-state index in [4.69, 9.17) is 4.42 Å². The molecular formula is C63H41NO. The summed E-state index contributed by atoms with van der Waals surface area (Å²) in [4.78, 5) is 2.37. The van der Waals surface area contributed by atoms with Crippen LogP contribution >= 0.6 is 0 Å². The lowest BCUT2D eigenvalue weighted by Gasteiger charge is -2.34. The van der Waals surface area contributed by atoms with Gasteiger partial charge in [0.15, 0.2) is 0 Å². The topological polar surface area (TPSA) is 16.4 Å². The van der Waals surface area contributed by atoms with Gasteiger partial charge in [0, 0.05) is 38.8 Å². The van der Waals surface area contributed by atoms with E-state index in [1.807, 2.05) is 0 Å².